The van der Waals surface area contributed by atoms with Crippen LogP contribution in [0.2, 0.25) is 0 Å². The molecule has 2 heterocycles. The summed E-state index contributed by atoms with van der Waals surface area (Å²) in [4.78, 5) is 10.5. The van der Waals surface area contributed by atoms with Crippen LogP contribution < -0.4 is 0 Å². The van der Waals surface area contributed by atoms with Crippen molar-refractivity contribution in [3.63, 3.8) is 0 Å². The molecule has 0 bridgehead atoms. The van der Waals surface area contributed by atoms with E-state index in [1.807, 2.05) is 17.4 Å². The van der Waals surface area contributed by atoms with Gasteiger partial charge in [-0.3, -0.25) is 0 Å². The third kappa shape index (κ3) is 5.23. The summed E-state index contributed by atoms with van der Waals surface area (Å²) in [6.45, 7) is 4.69. The molecule has 0 fully saturated rings. The highest BCUT2D eigenvalue weighted by Gasteiger charge is 2.37. The fourth-order valence-electron chi connectivity index (χ4n) is 8.83. The summed E-state index contributed by atoms with van der Waals surface area (Å²) >= 11 is 1.86. The lowest BCUT2D eigenvalue weighted by Gasteiger charge is -2.22. The molecule has 3 heteroatoms. The van der Waals surface area contributed by atoms with Crippen molar-refractivity contribution in [3.8, 4) is 67.3 Å². The van der Waals surface area contributed by atoms with Gasteiger partial charge in [0.15, 0.2) is 5.82 Å². The zero-order chi connectivity index (χ0) is 37.4. The topological polar surface area (TPSA) is 25.8 Å². The Kier molecular flexibility index (Phi) is 7.42. The van der Waals surface area contributed by atoms with Crippen molar-refractivity contribution in [2.24, 2.45) is 0 Å². The molecule has 0 N–H and O–H groups in total. The zero-order valence-electron chi connectivity index (χ0n) is 31.1. The fraction of sp³-hybridized carbons (Fsp3) is 0.0566. The van der Waals surface area contributed by atoms with E-state index in [1.54, 1.807) is 0 Å². The number of hydrogen-bond acceptors (Lipinski definition) is 3. The molecule has 0 spiro atoms. The van der Waals surface area contributed by atoms with E-state index in [2.05, 4.69) is 190 Å². The quantitative estimate of drug-likeness (QED) is 0.176. The summed E-state index contributed by atoms with van der Waals surface area (Å²) in [7, 11) is 0. The summed E-state index contributed by atoms with van der Waals surface area (Å²) in [5.41, 5.74) is 15.0. The van der Waals surface area contributed by atoms with E-state index in [0.717, 1.165) is 33.9 Å². The van der Waals surface area contributed by atoms with Crippen molar-refractivity contribution < 1.29 is 0 Å². The molecule has 2 nitrogen and oxygen atoms in total. The van der Waals surface area contributed by atoms with Gasteiger partial charge in [0.25, 0.3) is 0 Å². The summed E-state index contributed by atoms with van der Waals surface area (Å²) in [6.07, 6.45) is 0. The Morgan fingerprint density at radius 3 is 1.80 bits per heavy atom. The lowest BCUT2D eigenvalue weighted by Crippen LogP contribution is -2.14. The Morgan fingerprint density at radius 1 is 0.411 bits per heavy atom. The number of aromatic nitrogens is 2. The highest BCUT2D eigenvalue weighted by Crippen LogP contribution is 2.53. The minimum atomic E-state index is -0.136. The van der Waals surface area contributed by atoms with Crippen LogP contribution >= 0.6 is 11.3 Å². The van der Waals surface area contributed by atoms with Gasteiger partial charge in [-0.1, -0.05) is 166 Å². The maximum Gasteiger partial charge on any atom is 0.160 e. The van der Waals surface area contributed by atoms with Crippen LogP contribution in [0.25, 0.3) is 98.2 Å². The van der Waals surface area contributed by atoms with E-state index < -0.39 is 0 Å². The van der Waals surface area contributed by atoms with Crippen LogP contribution in [-0.4, -0.2) is 9.97 Å². The molecule has 0 saturated heterocycles. The first kappa shape index (κ1) is 32.7. The number of thiophene rings is 1. The third-order valence-corrected chi connectivity index (χ3v) is 12.8. The van der Waals surface area contributed by atoms with Gasteiger partial charge in [0.1, 0.15) is 0 Å². The lowest BCUT2D eigenvalue weighted by molar-refractivity contribution is 0.661. The van der Waals surface area contributed by atoms with Crippen LogP contribution in [0.1, 0.15) is 25.0 Å². The van der Waals surface area contributed by atoms with Gasteiger partial charge < -0.3 is 0 Å². The van der Waals surface area contributed by atoms with Gasteiger partial charge in [-0.2, -0.15) is 0 Å². The third-order valence-electron chi connectivity index (χ3n) is 11.7. The molecule has 0 atom stereocenters. The molecule has 8 aromatic carbocycles. The number of fused-ring (bicyclic) bond motifs is 7. The molecule has 11 rings (SSSR count). The molecule has 0 aliphatic heterocycles. The Bertz CT molecular complexity index is 3140. The summed E-state index contributed by atoms with van der Waals surface area (Å²) in [6, 6.07) is 65.8. The highest BCUT2D eigenvalue weighted by atomic mass is 32.1. The molecule has 10 aromatic rings. The van der Waals surface area contributed by atoms with Crippen molar-refractivity contribution in [2.45, 2.75) is 19.3 Å². The van der Waals surface area contributed by atoms with Gasteiger partial charge in [-0.15, -0.1) is 11.3 Å². The maximum absolute atomic E-state index is 5.28. The Labute approximate surface area is 330 Å². The number of nitrogens with zero attached hydrogens (tertiary/aromatic N) is 2. The summed E-state index contributed by atoms with van der Waals surface area (Å²) in [5.74, 6) is 0.722. The Morgan fingerprint density at radius 2 is 1.02 bits per heavy atom. The van der Waals surface area contributed by atoms with Crippen molar-refractivity contribution in [1.82, 2.24) is 9.97 Å². The van der Waals surface area contributed by atoms with Gasteiger partial charge >= 0.3 is 0 Å². The van der Waals surface area contributed by atoms with Crippen molar-refractivity contribution >= 4 is 42.3 Å². The van der Waals surface area contributed by atoms with Gasteiger partial charge in [0.2, 0.25) is 0 Å². The molecule has 1 aliphatic rings. The Balaban J connectivity index is 0.989. The molecular weight excluding hydrogens is 697 g/mol. The van der Waals surface area contributed by atoms with E-state index >= 15 is 0 Å². The molecule has 0 unspecified atom stereocenters. The molecule has 0 saturated carbocycles. The monoisotopic (exact) mass is 732 g/mol. The first-order valence-corrected chi connectivity index (χ1v) is 20.0. The number of hydrogen-bond donors (Lipinski definition) is 0. The predicted molar refractivity (Wildman–Crippen MR) is 237 cm³/mol. The maximum atomic E-state index is 5.28. The van der Waals surface area contributed by atoms with Crippen LogP contribution in [-0.2, 0) is 5.41 Å². The Hall–Kier alpha value is -6.68. The zero-order valence-corrected chi connectivity index (χ0v) is 31.9. The standard InChI is InChI=1S/C53H36N2S/c1-53(2)44-19-10-18-41(50(44)43-30-38-14-6-7-15-39(38)31-45(43)53)47-32-46(54-52(55-47)37-12-4-3-5-13-37)36-28-24-34(25-29-36)33-22-26-35(27-23-33)40-17-11-21-49-51(40)42-16-8-9-20-48(42)56-49/h3-32H,1-2H3. The molecular formula is C53H36N2S. The van der Waals surface area contributed by atoms with E-state index in [-0.39, 0.29) is 5.41 Å². The van der Waals surface area contributed by atoms with Crippen molar-refractivity contribution in [3.05, 3.63) is 193 Å². The van der Waals surface area contributed by atoms with Crippen LogP contribution in [0.4, 0.5) is 0 Å². The summed E-state index contributed by atoms with van der Waals surface area (Å²) < 4.78 is 2.65. The van der Waals surface area contributed by atoms with Crippen LogP contribution in [0, 0.1) is 0 Å². The van der Waals surface area contributed by atoms with Gasteiger partial charge in [0, 0.05) is 42.3 Å². The second kappa shape index (κ2) is 12.7. The summed E-state index contributed by atoms with van der Waals surface area (Å²) in [5, 5.41) is 5.19. The second-order valence-electron chi connectivity index (χ2n) is 15.4. The smallest absolute Gasteiger partial charge is 0.160 e. The van der Waals surface area contributed by atoms with Gasteiger partial charge in [-0.25, -0.2) is 9.97 Å². The lowest BCUT2D eigenvalue weighted by atomic mass is 9.81. The number of rotatable bonds is 5. The van der Waals surface area contributed by atoms with Crippen LogP contribution in [0.3, 0.4) is 0 Å². The molecule has 56 heavy (non-hydrogen) atoms. The number of benzene rings is 8. The molecule has 1 aliphatic carbocycles. The predicted octanol–water partition coefficient (Wildman–Crippen LogP) is 14.6. The van der Waals surface area contributed by atoms with Crippen LogP contribution in [0.5, 0.6) is 0 Å². The fourth-order valence-corrected chi connectivity index (χ4v) is 9.96. The van der Waals surface area contributed by atoms with E-state index in [4.69, 9.17) is 9.97 Å². The minimum absolute atomic E-state index is 0.136. The first-order chi connectivity index (χ1) is 27.5. The SMILES string of the molecule is CC1(C)c2cc3ccccc3cc2-c2c(-c3cc(-c4ccc(-c5ccc(-c6cccc7sc8ccccc8c67)cc5)cc4)nc(-c4ccccc4)n3)cccc21. The first-order valence-electron chi connectivity index (χ1n) is 19.2. The van der Waals surface area contributed by atoms with E-state index in [9.17, 15) is 0 Å². The van der Waals surface area contributed by atoms with E-state index in [0.29, 0.717) is 0 Å². The van der Waals surface area contributed by atoms with Crippen molar-refractivity contribution in [1.29, 1.82) is 0 Å². The molecule has 0 radical (unpaired) electrons. The highest BCUT2D eigenvalue weighted by molar-refractivity contribution is 7.25. The normalized spacial score (nSPS) is 13.0. The van der Waals surface area contributed by atoms with Gasteiger partial charge in [0.05, 0.1) is 11.4 Å². The van der Waals surface area contributed by atoms with E-state index in [1.165, 1.54) is 75.5 Å². The van der Waals surface area contributed by atoms with Gasteiger partial charge in [-0.05, 0) is 85.6 Å². The average molecular weight is 733 g/mol. The molecule has 264 valence electrons. The average Bonchev–Trinajstić information content (AvgIpc) is 3.75. The minimum Gasteiger partial charge on any atom is -0.228 e. The second-order valence-corrected chi connectivity index (χ2v) is 16.4. The molecule has 2 aromatic heterocycles. The van der Waals surface area contributed by atoms with Crippen molar-refractivity contribution in [2.75, 3.05) is 0 Å². The molecule has 0 amide bonds. The largest absolute Gasteiger partial charge is 0.228 e. The van der Waals surface area contributed by atoms with Crippen LogP contribution in [0.15, 0.2) is 182 Å².